The second-order valence-corrected chi connectivity index (χ2v) is 8.31. The number of methoxy groups -OCH3 is 1. The van der Waals surface area contributed by atoms with Gasteiger partial charge in [-0.05, 0) is 52.6 Å². The molecule has 5 rings (SSSR count). The molecule has 2 bridgehead atoms. The van der Waals surface area contributed by atoms with Gasteiger partial charge in [-0.25, -0.2) is 0 Å². The van der Waals surface area contributed by atoms with Crippen LogP contribution in [0, 0.1) is 0 Å². The molecule has 2 unspecified atom stereocenters. The Kier molecular flexibility index (Phi) is 6.11. The van der Waals surface area contributed by atoms with Gasteiger partial charge < -0.3 is 24.4 Å². The molecule has 0 aromatic heterocycles. The largest absolute Gasteiger partial charge is 0.508 e. The van der Waals surface area contributed by atoms with Crippen molar-refractivity contribution in [2.45, 2.75) is 25.2 Å². The third-order valence-electron chi connectivity index (χ3n) is 6.15. The van der Waals surface area contributed by atoms with Crippen LogP contribution in [0.25, 0.3) is 0 Å². The highest BCUT2D eigenvalue weighted by atomic mass is 16.5. The number of aliphatic hydroxyl groups is 1. The molecule has 0 spiro atoms. The van der Waals surface area contributed by atoms with Gasteiger partial charge >= 0.3 is 0 Å². The van der Waals surface area contributed by atoms with Crippen LogP contribution in [0.5, 0.6) is 23.0 Å². The summed E-state index contributed by atoms with van der Waals surface area (Å²) in [6.45, 7) is 0.251. The molecule has 172 valence electrons. The van der Waals surface area contributed by atoms with Gasteiger partial charge in [0.15, 0.2) is 0 Å². The predicted octanol–water partition coefficient (Wildman–Crippen LogP) is 5.74. The predicted molar refractivity (Wildman–Crippen MR) is 129 cm³/mol. The molecule has 34 heavy (non-hydrogen) atoms. The number of hydrogen-bond donors (Lipinski definition) is 2. The fraction of sp³-hybridized carbons (Fsp3) is 0.172. The Balaban J connectivity index is 1.52. The van der Waals surface area contributed by atoms with E-state index in [4.69, 9.17) is 14.2 Å². The highest BCUT2D eigenvalue weighted by Gasteiger charge is 2.35. The zero-order valence-corrected chi connectivity index (χ0v) is 18.8. The Morgan fingerprint density at radius 3 is 2.41 bits per heavy atom. The second-order valence-electron chi connectivity index (χ2n) is 8.31. The summed E-state index contributed by atoms with van der Waals surface area (Å²) in [5.41, 5.74) is 4.51. The van der Waals surface area contributed by atoms with Crippen molar-refractivity contribution < 1.29 is 24.4 Å². The van der Waals surface area contributed by atoms with Crippen molar-refractivity contribution in [1.82, 2.24) is 0 Å². The minimum atomic E-state index is -0.301. The minimum absolute atomic E-state index is 0.0426. The molecule has 2 N–H and O–H groups in total. The van der Waals surface area contributed by atoms with Gasteiger partial charge in [-0.15, -0.1) is 0 Å². The fourth-order valence-electron chi connectivity index (χ4n) is 4.57. The van der Waals surface area contributed by atoms with Gasteiger partial charge in [-0.1, -0.05) is 54.6 Å². The number of benzene rings is 4. The van der Waals surface area contributed by atoms with Crippen LogP contribution in [0.3, 0.4) is 0 Å². The average Bonchev–Trinajstić information content (AvgIpc) is 3.17. The highest BCUT2D eigenvalue weighted by molar-refractivity contribution is 5.54. The molecule has 0 radical (unpaired) electrons. The van der Waals surface area contributed by atoms with E-state index in [2.05, 4.69) is 0 Å². The molecule has 1 aliphatic heterocycles. The highest BCUT2D eigenvalue weighted by Crippen LogP contribution is 2.48. The van der Waals surface area contributed by atoms with E-state index in [9.17, 15) is 10.2 Å². The molecule has 0 aliphatic carbocycles. The molecule has 4 aromatic carbocycles. The molecular weight excluding hydrogens is 428 g/mol. The smallest absolute Gasteiger partial charge is 0.135 e. The van der Waals surface area contributed by atoms with Gasteiger partial charge in [0.1, 0.15) is 35.7 Å². The molecule has 5 nitrogen and oxygen atoms in total. The summed E-state index contributed by atoms with van der Waals surface area (Å²) in [4.78, 5) is 0. The average molecular weight is 455 g/mol. The van der Waals surface area contributed by atoms with Gasteiger partial charge in [0.2, 0.25) is 0 Å². The molecular formula is C29H26O5. The van der Waals surface area contributed by atoms with Crippen molar-refractivity contribution in [3.8, 4) is 23.0 Å². The van der Waals surface area contributed by atoms with Crippen LogP contribution in [0.15, 0.2) is 91.0 Å². The van der Waals surface area contributed by atoms with E-state index in [1.807, 2.05) is 78.9 Å². The number of phenols is 1. The lowest BCUT2D eigenvalue weighted by Gasteiger charge is -2.28. The molecule has 0 amide bonds. The number of ether oxygens (including phenoxy) is 3. The number of aromatic hydroxyl groups is 1. The first kappa shape index (κ1) is 21.9. The number of fused-ring (bicyclic) bond motifs is 2. The fourth-order valence-corrected chi connectivity index (χ4v) is 4.57. The Labute approximate surface area is 198 Å². The van der Waals surface area contributed by atoms with Crippen LogP contribution < -0.4 is 14.2 Å². The lowest BCUT2D eigenvalue weighted by atomic mass is 9.81. The van der Waals surface area contributed by atoms with Gasteiger partial charge in [-0.3, -0.25) is 0 Å². The summed E-state index contributed by atoms with van der Waals surface area (Å²) in [6.07, 6.45) is -0.301. The first-order valence-corrected chi connectivity index (χ1v) is 11.2. The molecule has 0 saturated heterocycles. The van der Waals surface area contributed by atoms with E-state index in [-0.39, 0.29) is 24.4 Å². The summed E-state index contributed by atoms with van der Waals surface area (Å²) in [6, 6.07) is 29.1. The molecule has 0 saturated carbocycles. The van der Waals surface area contributed by atoms with Crippen molar-refractivity contribution in [3.05, 3.63) is 119 Å². The zero-order valence-electron chi connectivity index (χ0n) is 18.8. The molecule has 2 atom stereocenters. The lowest BCUT2D eigenvalue weighted by molar-refractivity contribution is 0.200. The monoisotopic (exact) mass is 454 g/mol. The number of rotatable bonds is 8. The van der Waals surface area contributed by atoms with E-state index >= 15 is 0 Å². The summed E-state index contributed by atoms with van der Waals surface area (Å²) in [7, 11) is 1.56. The SMILES string of the molecule is COc1cc(O)cc(CO)c1C(c1ccc(OCc2ccccc2)cc1)C1Oc2cccc1c2. The Hall–Kier alpha value is -3.96. The molecule has 4 aromatic rings. The molecule has 0 fully saturated rings. The standard InChI is InChI=1S/C29H26O5/c1-32-26-16-23(31)14-22(17-30)27(26)28(29-21-8-5-9-25(15-21)34-29)20-10-12-24(13-11-20)33-18-19-6-3-2-4-7-19/h2-16,28-31H,17-18H2,1H3. The number of aliphatic hydroxyl groups excluding tert-OH is 1. The van der Waals surface area contributed by atoms with Crippen LogP contribution in [0.1, 0.15) is 39.8 Å². The van der Waals surface area contributed by atoms with Gasteiger partial charge in [0.05, 0.1) is 19.6 Å². The van der Waals surface area contributed by atoms with Gasteiger partial charge in [0.25, 0.3) is 0 Å². The molecule has 5 heteroatoms. The maximum absolute atomic E-state index is 10.2. The van der Waals surface area contributed by atoms with Crippen LogP contribution in [-0.4, -0.2) is 17.3 Å². The number of phenolic OH excluding ortho intramolecular Hbond substituents is 1. The maximum atomic E-state index is 10.2. The number of hydrogen-bond acceptors (Lipinski definition) is 5. The summed E-state index contributed by atoms with van der Waals surface area (Å²) in [5, 5.41) is 20.3. The normalized spacial score (nSPS) is 14.9. The van der Waals surface area contributed by atoms with Crippen molar-refractivity contribution in [2.75, 3.05) is 7.11 Å². The molecule has 1 aliphatic rings. The third kappa shape index (κ3) is 4.30. The second kappa shape index (κ2) is 9.49. The lowest BCUT2D eigenvalue weighted by Crippen LogP contribution is -2.18. The summed E-state index contributed by atoms with van der Waals surface area (Å²) < 4.78 is 17.9. The van der Waals surface area contributed by atoms with Crippen LogP contribution in [-0.2, 0) is 13.2 Å². The Bertz CT molecular complexity index is 1240. The van der Waals surface area contributed by atoms with E-state index in [1.54, 1.807) is 19.2 Å². The first-order valence-electron chi connectivity index (χ1n) is 11.2. The van der Waals surface area contributed by atoms with Crippen LogP contribution >= 0.6 is 0 Å². The first-order chi connectivity index (χ1) is 16.7. The van der Waals surface area contributed by atoms with Gasteiger partial charge in [-0.2, -0.15) is 0 Å². The summed E-state index contributed by atoms with van der Waals surface area (Å²) >= 11 is 0. The molecule has 1 heterocycles. The van der Waals surface area contributed by atoms with E-state index < -0.39 is 0 Å². The third-order valence-corrected chi connectivity index (χ3v) is 6.15. The van der Waals surface area contributed by atoms with Crippen molar-refractivity contribution in [3.63, 3.8) is 0 Å². The van der Waals surface area contributed by atoms with Crippen molar-refractivity contribution in [1.29, 1.82) is 0 Å². The van der Waals surface area contributed by atoms with Crippen LogP contribution in [0.2, 0.25) is 0 Å². The minimum Gasteiger partial charge on any atom is -0.508 e. The zero-order chi connectivity index (χ0) is 23.5. The quantitative estimate of drug-likeness (QED) is 0.355. The van der Waals surface area contributed by atoms with E-state index in [0.29, 0.717) is 17.9 Å². The van der Waals surface area contributed by atoms with E-state index in [1.165, 1.54) is 0 Å². The van der Waals surface area contributed by atoms with E-state index in [0.717, 1.165) is 33.8 Å². The Morgan fingerprint density at radius 1 is 0.912 bits per heavy atom. The summed E-state index contributed by atoms with van der Waals surface area (Å²) in [5.74, 6) is 1.83. The van der Waals surface area contributed by atoms with Crippen molar-refractivity contribution >= 4 is 0 Å². The topological polar surface area (TPSA) is 68.2 Å². The van der Waals surface area contributed by atoms with Crippen LogP contribution in [0.4, 0.5) is 0 Å². The van der Waals surface area contributed by atoms with Gasteiger partial charge in [0, 0.05) is 11.6 Å². The Morgan fingerprint density at radius 2 is 1.71 bits per heavy atom. The maximum Gasteiger partial charge on any atom is 0.135 e. The van der Waals surface area contributed by atoms with Crippen molar-refractivity contribution in [2.24, 2.45) is 0 Å².